The fourth-order valence-corrected chi connectivity index (χ4v) is 2.72. The Morgan fingerprint density at radius 3 is 2.43 bits per heavy atom. The van der Waals surface area contributed by atoms with Gasteiger partial charge in [-0.05, 0) is 6.92 Å². The maximum Gasteiger partial charge on any atom is 0.242 e. The highest BCUT2D eigenvalue weighted by atomic mass is 16.6. The molecule has 3 rings (SSSR count). The molecular formula is C17H14O6. The number of phenols is 2. The molecule has 0 aliphatic carbocycles. The fourth-order valence-electron chi connectivity index (χ4n) is 2.72. The van der Waals surface area contributed by atoms with Crippen molar-refractivity contribution in [2.45, 2.75) is 19.1 Å². The number of aromatic hydroxyl groups is 2. The largest absolute Gasteiger partial charge is 0.507 e. The lowest BCUT2D eigenvalue weighted by atomic mass is 9.89. The molecule has 1 aliphatic heterocycles. The molecule has 118 valence electrons. The Morgan fingerprint density at radius 2 is 1.83 bits per heavy atom. The van der Waals surface area contributed by atoms with Gasteiger partial charge in [-0.25, -0.2) is 0 Å². The van der Waals surface area contributed by atoms with Crippen molar-refractivity contribution in [3.05, 3.63) is 52.6 Å². The lowest BCUT2D eigenvalue weighted by Crippen LogP contribution is -2.39. The molecular weight excluding hydrogens is 300 g/mol. The van der Waals surface area contributed by atoms with Gasteiger partial charge in [0.1, 0.15) is 22.8 Å². The zero-order valence-corrected chi connectivity index (χ0v) is 12.2. The molecule has 0 fully saturated rings. The van der Waals surface area contributed by atoms with E-state index < -0.39 is 29.5 Å². The fraction of sp³-hybridized carbons (Fsp3) is 0.176. The van der Waals surface area contributed by atoms with Gasteiger partial charge < -0.3 is 20.1 Å². The van der Waals surface area contributed by atoms with Crippen LogP contribution >= 0.6 is 0 Å². The molecule has 1 aliphatic rings. The third-order valence-corrected chi connectivity index (χ3v) is 3.96. The molecule has 3 N–H and O–H groups in total. The second kappa shape index (κ2) is 5.10. The van der Waals surface area contributed by atoms with Crippen molar-refractivity contribution in [3.63, 3.8) is 0 Å². The van der Waals surface area contributed by atoms with Gasteiger partial charge in [0.05, 0.1) is 12.0 Å². The van der Waals surface area contributed by atoms with Gasteiger partial charge in [-0.2, -0.15) is 0 Å². The second-order valence-electron chi connectivity index (χ2n) is 5.41. The van der Waals surface area contributed by atoms with Crippen molar-refractivity contribution in [1.82, 2.24) is 0 Å². The van der Waals surface area contributed by atoms with Crippen LogP contribution in [0.25, 0.3) is 0 Å². The van der Waals surface area contributed by atoms with Crippen LogP contribution in [0.15, 0.2) is 30.3 Å². The van der Waals surface area contributed by atoms with Crippen LogP contribution in [0.4, 0.5) is 0 Å². The lowest BCUT2D eigenvalue weighted by Gasteiger charge is -2.35. The normalized spacial score (nSPS) is 19.8. The highest BCUT2D eigenvalue weighted by Crippen LogP contribution is 2.48. The van der Waals surface area contributed by atoms with Crippen LogP contribution in [0.5, 0.6) is 17.2 Å². The van der Waals surface area contributed by atoms with Gasteiger partial charge >= 0.3 is 0 Å². The molecule has 1 atom stereocenters. The first-order chi connectivity index (χ1) is 10.9. The number of aldehydes is 1. The minimum Gasteiger partial charge on any atom is -0.507 e. The monoisotopic (exact) mass is 314 g/mol. The summed E-state index contributed by atoms with van der Waals surface area (Å²) in [5, 5.41) is 30.8. The van der Waals surface area contributed by atoms with E-state index in [1.165, 1.54) is 6.92 Å². The Labute approximate surface area is 131 Å². The maximum atomic E-state index is 12.4. The minimum atomic E-state index is -1.91. The Bertz CT molecular complexity index is 812. The molecule has 1 unspecified atom stereocenters. The summed E-state index contributed by atoms with van der Waals surface area (Å²) in [6.45, 7) is 1.44. The van der Waals surface area contributed by atoms with Crippen molar-refractivity contribution in [1.29, 1.82) is 0 Å². The van der Waals surface area contributed by atoms with E-state index in [0.717, 1.165) is 0 Å². The summed E-state index contributed by atoms with van der Waals surface area (Å²) in [5.74, 6) is -3.74. The first-order valence-corrected chi connectivity index (χ1v) is 6.93. The number of benzene rings is 2. The van der Waals surface area contributed by atoms with Crippen LogP contribution in [0.3, 0.4) is 0 Å². The van der Waals surface area contributed by atoms with Crippen molar-refractivity contribution in [3.8, 4) is 17.2 Å². The SMILES string of the molecule is Cc1c(O)c(C=O)c(O)c2c1OC(O)(c1ccccc1)CC2=O. The topological polar surface area (TPSA) is 104 Å². The zero-order valence-electron chi connectivity index (χ0n) is 12.2. The summed E-state index contributed by atoms with van der Waals surface area (Å²) in [6, 6.07) is 8.34. The Morgan fingerprint density at radius 1 is 1.17 bits per heavy atom. The molecule has 6 heteroatoms. The summed E-state index contributed by atoms with van der Waals surface area (Å²) in [6.07, 6.45) is -0.149. The van der Waals surface area contributed by atoms with E-state index in [-0.39, 0.29) is 28.7 Å². The molecule has 0 aromatic heterocycles. The van der Waals surface area contributed by atoms with E-state index in [4.69, 9.17) is 4.74 Å². The number of Topliss-reactive ketones (excluding diaryl/α,β-unsaturated/α-hetero) is 1. The number of carbonyl (C=O) groups excluding carboxylic acids is 2. The van der Waals surface area contributed by atoms with Gasteiger partial charge in [0.2, 0.25) is 5.79 Å². The summed E-state index contributed by atoms with van der Waals surface area (Å²) in [5.41, 5.74) is -0.106. The van der Waals surface area contributed by atoms with E-state index in [2.05, 4.69) is 0 Å². The second-order valence-corrected chi connectivity index (χ2v) is 5.41. The Balaban J connectivity index is 2.22. The van der Waals surface area contributed by atoms with Crippen LogP contribution in [0, 0.1) is 6.92 Å². The molecule has 1 heterocycles. The smallest absolute Gasteiger partial charge is 0.242 e. The van der Waals surface area contributed by atoms with Gasteiger partial charge in [0.15, 0.2) is 12.1 Å². The van der Waals surface area contributed by atoms with Gasteiger partial charge in [-0.3, -0.25) is 9.59 Å². The average molecular weight is 314 g/mol. The van der Waals surface area contributed by atoms with Crippen molar-refractivity contribution < 1.29 is 29.6 Å². The lowest BCUT2D eigenvalue weighted by molar-refractivity contribution is -0.147. The maximum absolute atomic E-state index is 12.4. The Hall–Kier alpha value is -2.86. The zero-order chi connectivity index (χ0) is 16.8. The van der Waals surface area contributed by atoms with E-state index in [1.807, 2.05) is 0 Å². The van der Waals surface area contributed by atoms with Gasteiger partial charge in [-0.15, -0.1) is 0 Å². The van der Waals surface area contributed by atoms with E-state index >= 15 is 0 Å². The minimum absolute atomic E-state index is 0.0994. The van der Waals surface area contributed by atoms with E-state index in [0.29, 0.717) is 5.56 Å². The molecule has 2 aromatic carbocycles. The van der Waals surface area contributed by atoms with Crippen molar-refractivity contribution in [2.75, 3.05) is 0 Å². The van der Waals surface area contributed by atoms with Crippen LogP contribution in [-0.2, 0) is 5.79 Å². The number of hydrogen-bond acceptors (Lipinski definition) is 6. The quantitative estimate of drug-likeness (QED) is 0.733. The number of hydrogen-bond donors (Lipinski definition) is 3. The van der Waals surface area contributed by atoms with E-state index in [9.17, 15) is 24.9 Å². The molecule has 0 saturated heterocycles. The summed E-state index contributed by atoms with van der Waals surface area (Å²) < 4.78 is 5.57. The first kappa shape index (κ1) is 15.1. The molecule has 0 bridgehead atoms. The summed E-state index contributed by atoms with van der Waals surface area (Å²) in [4.78, 5) is 23.4. The third-order valence-electron chi connectivity index (χ3n) is 3.96. The molecule has 6 nitrogen and oxygen atoms in total. The number of ketones is 1. The standard InChI is InChI=1S/C17H14O6/c1-9-14(20)11(8-18)15(21)13-12(19)7-17(22,23-16(9)13)10-5-3-2-4-6-10/h2-6,8,20-22H,7H2,1H3. The van der Waals surface area contributed by atoms with Crippen LogP contribution in [-0.4, -0.2) is 27.4 Å². The van der Waals surface area contributed by atoms with Gasteiger partial charge in [-0.1, -0.05) is 30.3 Å². The molecule has 23 heavy (non-hydrogen) atoms. The predicted octanol–water partition coefficient (Wildman–Crippen LogP) is 2.03. The number of fused-ring (bicyclic) bond motifs is 1. The van der Waals surface area contributed by atoms with E-state index in [1.54, 1.807) is 30.3 Å². The number of phenolic OH excluding ortho intramolecular Hbond substituents is 2. The van der Waals surface area contributed by atoms with Crippen LogP contribution in [0.2, 0.25) is 0 Å². The van der Waals surface area contributed by atoms with Crippen molar-refractivity contribution in [2.24, 2.45) is 0 Å². The number of aliphatic hydroxyl groups is 1. The third kappa shape index (κ3) is 2.15. The highest BCUT2D eigenvalue weighted by Gasteiger charge is 2.43. The molecule has 2 aromatic rings. The number of ether oxygens (including phenoxy) is 1. The van der Waals surface area contributed by atoms with Crippen molar-refractivity contribution >= 4 is 12.1 Å². The Kier molecular flexibility index (Phi) is 3.34. The first-order valence-electron chi connectivity index (χ1n) is 6.93. The van der Waals surface area contributed by atoms with Crippen LogP contribution in [0.1, 0.15) is 38.3 Å². The number of carbonyl (C=O) groups is 2. The number of rotatable bonds is 2. The molecule has 0 amide bonds. The van der Waals surface area contributed by atoms with Gasteiger partial charge in [0, 0.05) is 11.1 Å². The average Bonchev–Trinajstić information content (AvgIpc) is 2.53. The van der Waals surface area contributed by atoms with Crippen LogP contribution < -0.4 is 4.74 Å². The summed E-state index contributed by atoms with van der Waals surface area (Å²) >= 11 is 0. The predicted molar refractivity (Wildman–Crippen MR) is 79.8 cm³/mol. The molecule has 0 spiro atoms. The highest BCUT2D eigenvalue weighted by molar-refractivity contribution is 6.06. The molecule has 0 saturated carbocycles. The summed E-state index contributed by atoms with van der Waals surface area (Å²) in [7, 11) is 0. The molecule has 0 radical (unpaired) electrons. The van der Waals surface area contributed by atoms with Gasteiger partial charge in [0.25, 0.3) is 0 Å².